The average molecular weight is 485 g/mol. The zero-order valence-electron chi connectivity index (χ0n) is 20.9. The molecule has 1 aliphatic heterocycles. The van der Waals surface area contributed by atoms with Gasteiger partial charge in [0, 0.05) is 17.3 Å². The number of nitrogens with one attached hydrogen (secondary N) is 2. The molecule has 7 heteroatoms. The summed E-state index contributed by atoms with van der Waals surface area (Å²) in [5.74, 6) is -0.656. The second kappa shape index (κ2) is 11.2. The van der Waals surface area contributed by atoms with E-state index in [1.165, 1.54) is 0 Å². The van der Waals surface area contributed by atoms with E-state index in [2.05, 4.69) is 15.5 Å². The third-order valence-corrected chi connectivity index (χ3v) is 6.08. The lowest BCUT2D eigenvalue weighted by Gasteiger charge is -2.17. The molecule has 0 fully saturated rings. The van der Waals surface area contributed by atoms with Crippen molar-refractivity contribution in [1.29, 1.82) is 0 Å². The SMILES string of the molecule is CCOC(=O)c1ccc2c(c1)NC(=O)C2=C(Nc1ccc(C(N)CCN(C)C)cc1)c1ccccc1. The summed E-state index contributed by atoms with van der Waals surface area (Å²) in [7, 11) is 4.07. The van der Waals surface area contributed by atoms with E-state index in [1.807, 2.05) is 68.7 Å². The Morgan fingerprint density at radius 3 is 2.42 bits per heavy atom. The van der Waals surface area contributed by atoms with Gasteiger partial charge in [0.25, 0.3) is 5.91 Å². The summed E-state index contributed by atoms with van der Waals surface area (Å²) >= 11 is 0. The molecule has 0 saturated carbocycles. The van der Waals surface area contributed by atoms with E-state index in [0.29, 0.717) is 22.5 Å². The first-order chi connectivity index (χ1) is 17.4. The van der Waals surface area contributed by atoms with Crippen molar-refractivity contribution in [3.8, 4) is 0 Å². The molecule has 0 aliphatic carbocycles. The normalized spacial score (nSPS) is 14.8. The van der Waals surface area contributed by atoms with E-state index < -0.39 is 5.97 Å². The molecule has 1 aliphatic rings. The molecule has 186 valence electrons. The van der Waals surface area contributed by atoms with E-state index in [0.717, 1.165) is 35.3 Å². The van der Waals surface area contributed by atoms with Gasteiger partial charge in [0.1, 0.15) is 0 Å². The number of amides is 1. The first-order valence-corrected chi connectivity index (χ1v) is 12.1. The van der Waals surface area contributed by atoms with Gasteiger partial charge in [-0.05, 0) is 69.4 Å². The van der Waals surface area contributed by atoms with Crippen molar-refractivity contribution < 1.29 is 14.3 Å². The number of hydrogen-bond donors (Lipinski definition) is 3. The summed E-state index contributed by atoms with van der Waals surface area (Å²) < 4.78 is 5.10. The van der Waals surface area contributed by atoms with Crippen LogP contribution >= 0.6 is 0 Å². The van der Waals surface area contributed by atoms with Crippen LogP contribution in [-0.2, 0) is 9.53 Å². The van der Waals surface area contributed by atoms with Gasteiger partial charge < -0.3 is 26.0 Å². The topological polar surface area (TPSA) is 96.7 Å². The molecule has 0 radical (unpaired) electrons. The standard InChI is InChI=1S/C29H32N4O3/c1-4-36-29(35)21-12-15-23-25(18-21)32-28(34)26(23)27(20-8-6-5-7-9-20)31-22-13-10-19(11-14-22)24(30)16-17-33(2)3/h5-15,18,24,31H,4,16-17,30H2,1-3H3,(H,32,34). The zero-order valence-corrected chi connectivity index (χ0v) is 20.9. The molecule has 4 rings (SSSR count). The van der Waals surface area contributed by atoms with Gasteiger partial charge in [0.05, 0.1) is 29.1 Å². The number of rotatable bonds is 9. The number of anilines is 2. The Balaban J connectivity index is 1.69. The second-order valence-electron chi connectivity index (χ2n) is 9.00. The number of carbonyl (C=O) groups excluding carboxylic acids is 2. The summed E-state index contributed by atoms with van der Waals surface area (Å²) in [5, 5.41) is 6.36. The number of carbonyl (C=O) groups is 2. The van der Waals surface area contributed by atoms with E-state index >= 15 is 0 Å². The Bertz CT molecular complexity index is 1270. The van der Waals surface area contributed by atoms with Crippen LogP contribution in [0.1, 0.15) is 46.4 Å². The van der Waals surface area contributed by atoms with Crippen molar-refractivity contribution in [3.63, 3.8) is 0 Å². The maximum Gasteiger partial charge on any atom is 0.338 e. The lowest BCUT2D eigenvalue weighted by atomic mass is 9.98. The highest BCUT2D eigenvalue weighted by Gasteiger charge is 2.29. The van der Waals surface area contributed by atoms with Crippen molar-refractivity contribution >= 4 is 34.5 Å². The third-order valence-electron chi connectivity index (χ3n) is 6.08. The molecule has 36 heavy (non-hydrogen) atoms. The fourth-order valence-electron chi connectivity index (χ4n) is 4.17. The molecule has 0 aromatic heterocycles. The van der Waals surface area contributed by atoms with Crippen molar-refractivity contribution in [2.24, 2.45) is 5.73 Å². The van der Waals surface area contributed by atoms with Crippen LogP contribution in [0.2, 0.25) is 0 Å². The number of ether oxygens (including phenoxy) is 1. The quantitative estimate of drug-likeness (QED) is 0.300. The number of benzene rings is 3. The highest BCUT2D eigenvalue weighted by Crippen LogP contribution is 2.38. The van der Waals surface area contributed by atoms with Crippen LogP contribution in [0.4, 0.5) is 11.4 Å². The first kappa shape index (κ1) is 25.2. The first-order valence-electron chi connectivity index (χ1n) is 12.1. The van der Waals surface area contributed by atoms with Gasteiger partial charge in [0.2, 0.25) is 0 Å². The molecule has 7 nitrogen and oxygen atoms in total. The lowest BCUT2D eigenvalue weighted by Crippen LogP contribution is -2.20. The highest BCUT2D eigenvalue weighted by atomic mass is 16.5. The third kappa shape index (κ3) is 5.64. The van der Waals surface area contributed by atoms with Crippen LogP contribution < -0.4 is 16.4 Å². The van der Waals surface area contributed by atoms with E-state index in [4.69, 9.17) is 10.5 Å². The minimum absolute atomic E-state index is 0.0468. The maximum atomic E-state index is 13.2. The summed E-state index contributed by atoms with van der Waals surface area (Å²) in [5.41, 5.74) is 12.0. The predicted octanol–water partition coefficient (Wildman–Crippen LogP) is 4.75. The van der Waals surface area contributed by atoms with Gasteiger partial charge in [-0.1, -0.05) is 48.5 Å². The molecular weight excluding hydrogens is 452 g/mol. The summed E-state index contributed by atoms with van der Waals surface area (Å²) in [4.78, 5) is 27.5. The second-order valence-corrected chi connectivity index (χ2v) is 9.00. The number of fused-ring (bicyclic) bond motifs is 1. The van der Waals surface area contributed by atoms with Gasteiger partial charge in [-0.3, -0.25) is 4.79 Å². The molecule has 1 heterocycles. The van der Waals surface area contributed by atoms with Gasteiger partial charge in [-0.15, -0.1) is 0 Å². The van der Waals surface area contributed by atoms with Crippen molar-refractivity contribution in [3.05, 3.63) is 95.1 Å². The summed E-state index contributed by atoms with van der Waals surface area (Å²) in [6, 6.07) is 22.8. The summed E-state index contributed by atoms with van der Waals surface area (Å²) in [6.45, 7) is 2.96. The molecular formula is C29H32N4O3. The molecule has 4 N–H and O–H groups in total. The molecule has 1 unspecified atom stereocenters. The van der Waals surface area contributed by atoms with Crippen molar-refractivity contribution in [1.82, 2.24) is 4.90 Å². The molecule has 3 aromatic carbocycles. The largest absolute Gasteiger partial charge is 0.462 e. The Morgan fingerprint density at radius 1 is 1.03 bits per heavy atom. The number of esters is 1. The van der Waals surface area contributed by atoms with Crippen LogP contribution in [0.5, 0.6) is 0 Å². The Kier molecular flexibility index (Phi) is 7.83. The summed E-state index contributed by atoms with van der Waals surface area (Å²) in [6.07, 6.45) is 0.865. The molecule has 1 atom stereocenters. The predicted molar refractivity (Wildman–Crippen MR) is 144 cm³/mol. The van der Waals surface area contributed by atoms with Gasteiger partial charge in [-0.25, -0.2) is 4.79 Å². The zero-order chi connectivity index (χ0) is 25.7. The fraction of sp³-hybridized carbons (Fsp3) is 0.241. The molecule has 0 spiro atoms. The molecule has 1 amide bonds. The molecule has 0 bridgehead atoms. The Labute approximate surface area is 212 Å². The van der Waals surface area contributed by atoms with Gasteiger partial charge >= 0.3 is 5.97 Å². The minimum atomic E-state index is -0.419. The molecule has 3 aromatic rings. The van der Waals surface area contributed by atoms with Crippen LogP contribution in [0.25, 0.3) is 11.3 Å². The number of nitrogens with zero attached hydrogens (tertiary/aromatic N) is 1. The van der Waals surface area contributed by atoms with Gasteiger partial charge in [-0.2, -0.15) is 0 Å². The smallest absolute Gasteiger partial charge is 0.338 e. The fourth-order valence-corrected chi connectivity index (χ4v) is 4.17. The van der Waals surface area contributed by atoms with Crippen molar-refractivity contribution in [2.45, 2.75) is 19.4 Å². The highest BCUT2D eigenvalue weighted by molar-refractivity contribution is 6.37. The number of hydrogen-bond acceptors (Lipinski definition) is 6. The van der Waals surface area contributed by atoms with Crippen LogP contribution in [0, 0.1) is 0 Å². The van der Waals surface area contributed by atoms with E-state index in [-0.39, 0.29) is 18.6 Å². The van der Waals surface area contributed by atoms with Crippen molar-refractivity contribution in [2.75, 3.05) is 37.9 Å². The van der Waals surface area contributed by atoms with Crippen LogP contribution in [0.3, 0.4) is 0 Å². The van der Waals surface area contributed by atoms with Crippen LogP contribution in [0.15, 0.2) is 72.8 Å². The maximum absolute atomic E-state index is 13.2. The molecule has 0 saturated heterocycles. The Hall–Kier alpha value is -3.94. The van der Waals surface area contributed by atoms with Gasteiger partial charge in [0.15, 0.2) is 0 Å². The van der Waals surface area contributed by atoms with E-state index in [1.54, 1.807) is 25.1 Å². The number of nitrogens with two attached hydrogens (primary N) is 1. The minimum Gasteiger partial charge on any atom is -0.462 e. The van der Waals surface area contributed by atoms with Crippen LogP contribution in [-0.4, -0.2) is 44.0 Å². The lowest BCUT2D eigenvalue weighted by molar-refractivity contribution is -0.110. The Morgan fingerprint density at radius 2 is 1.75 bits per heavy atom. The monoisotopic (exact) mass is 484 g/mol. The average Bonchev–Trinajstić information content (AvgIpc) is 3.21. The van der Waals surface area contributed by atoms with E-state index in [9.17, 15) is 9.59 Å².